The fraction of sp³-hybridized carbons (Fsp3) is 0.833. The van der Waals surface area contributed by atoms with Gasteiger partial charge in [-0.25, -0.2) is 0 Å². The molecule has 0 aliphatic heterocycles. The van der Waals surface area contributed by atoms with Crippen LogP contribution in [0.3, 0.4) is 0 Å². The van der Waals surface area contributed by atoms with Crippen LogP contribution in [0.2, 0.25) is 12.1 Å². The van der Waals surface area contributed by atoms with Gasteiger partial charge in [-0.3, -0.25) is 8.22 Å². The number of hydrogen-bond acceptors (Lipinski definition) is 1. The summed E-state index contributed by atoms with van der Waals surface area (Å²) >= 11 is 0. The molecule has 0 aromatic heterocycles. The van der Waals surface area contributed by atoms with Gasteiger partial charge in [-0.05, 0) is 13.0 Å². The molecular formula is C6H11F2NSi. The molecule has 0 amide bonds. The Balaban J connectivity index is 3.65. The highest BCUT2D eigenvalue weighted by atomic mass is 28.4. The lowest BCUT2D eigenvalue weighted by molar-refractivity contribution is 0.553. The van der Waals surface area contributed by atoms with Crippen LogP contribution in [0.15, 0.2) is 0 Å². The summed E-state index contributed by atoms with van der Waals surface area (Å²) < 4.78 is 24.9. The molecule has 0 rings (SSSR count). The topological polar surface area (TPSA) is 23.8 Å². The summed E-state index contributed by atoms with van der Waals surface area (Å²) in [5.41, 5.74) is -0.549. The van der Waals surface area contributed by atoms with Crippen LogP contribution in [0, 0.1) is 11.3 Å². The molecule has 1 atom stereocenters. The fourth-order valence-corrected chi connectivity index (χ4v) is 1.19. The Morgan fingerprint density at radius 2 is 2.10 bits per heavy atom. The monoisotopic (exact) mass is 163 g/mol. The summed E-state index contributed by atoms with van der Waals surface area (Å²) in [6.45, 7) is 2.54. The summed E-state index contributed by atoms with van der Waals surface area (Å²) in [7, 11) is -3.95. The molecule has 0 N–H and O–H groups in total. The van der Waals surface area contributed by atoms with E-state index in [-0.39, 0.29) is 6.42 Å². The van der Waals surface area contributed by atoms with E-state index in [1.54, 1.807) is 0 Å². The van der Waals surface area contributed by atoms with Crippen molar-refractivity contribution in [3.05, 3.63) is 0 Å². The zero-order valence-electron chi connectivity index (χ0n) is 6.19. The second-order valence-corrected chi connectivity index (χ2v) is 5.45. The van der Waals surface area contributed by atoms with E-state index >= 15 is 0 Å². The van der Waals surface area contributed by atoms with E-state index in [0.29, 0.717) is 6.42 Å². The van der Waals surface area contributed by atoms with Crippen LogP contribution in [0.1, 0.15) is 19.8 Å². The molecule has 58 valence electrons. The molecule has 0 heterocycles. The van der Waals surface area contributed by atoms with Crippen LogP contribution in [0.4, 0.5) is 8.22 Å². The van der Waals surface area contributed by atoms with Gasteiger partial charge in [-0.15, -0.1) is 0 Å². The Morgan fingerprint density at radius 1 is 1.60 bits per heavy atom. The van der Waals surface area contributed by atoms with Crippen molar-refractivity contribution in [3.63, 3.8) is 0 Å². The zero-order chi connectivity index (χ0) is 8.20. The largest absolute Gasteiger partial charge is 0.424 e. The molecule has 1 nitrogen and oxygen atoms in total. The molecule has 10 heavy (non-hydrogen) atoms. The van der Waals surface area contributed by atoms with E-state index in [9.17, 15) is 8.22 Å². The normalized spacial score (nSPS) is 14.3. The molecule has 0 saturated heterocycles. The van der Waals surface area contributed by atoms with Gasteiger partial charge in [0.1, 0.15) is 0 Å². The molecule has 4 heteroatoms. The maximum absolute atomic E-state index is 12.5. The molecule has 0 fully saturated rings. The fourth-order valence-electron chi connectivity index (χ4n) is 0.535. The van der Waals surface area contributed by atoms with E-state index in [4.69, 9.17) is 5.26 Å². The Bertz CT molecular complexity index is 136. The van der Waals surface area contributed by atoms with Crippen LogP contribution in [-0.4, -0.2) is 8.74 Å². The average molecular weight is 163 g/mol. The minimum Gasteiger partial charge on any atom is -0.270 e. The van der Waals surface area contributed by atoms with Crippen LogP contribution < -0.4 is 0 Å². The van der Waals surface area contributed by atoms with Gasteiger partial charge >= 0.3 is 8.74 Å². The first-order valence-electron chi connectivity index (χ1n) is 3.23. The van der Waals surface area contributed by atoms with Crippen LogP contribution in [0.5, 0.6) is 0 Å². The lowest BCUT2D eigenvalue weighted by atomic mass is 10.3. The lowest BCUT2D eigenvalue weighted by Gasteiger charge is -2.13. The van der Waals surface area contributed by atoms with Crippen molar-refractivity contribution >= 4 is 8.74 Å². The predicted molar refractivity (Wildman–Crippen MR) is 38.1 cm³/mol. The summed E-state index contributed by atoms with van der Waals surface area (Å²) in [6, 6.07) is 1.86. The zero-order valence-corrected chi connectivity index (χ0v) is 7.19. The van der Waals surface area contributed by atoms with Gasteiger partial charge < -0.3 is 0 Å². The molecule has 0 radical (unpaired) electrons. The number of nitriles is 1. The second kappa shape index (κ2) is 3.67. The Hall–Kier alpha value is -0.433. The van der Waals surface area contributed by atoms with E-state index in [0.717, 1.165) is 6.55 Å². The summed E-state index contributed by atoms with van der Waals surface area (Å²) in [6.07, 6.45) is 0.587. The number of halogens is 2. The molecule has 0 bridgehead atoms. The van der Waals surface area contributed by atoms with Gasteiger partial charge in [0.05, 0.1) is 6.07 Å². The molecule has 0 aromatic rings. The predicted octanol–water partition coefficient (Wildman–Crippen LogP) is 2.69. The van der Waals surface area contributed by atoms with Gasteiger partial charge in [0.25, 0.3) is 0 Å². The van der Waals surface area contributed by atoms with E-state index in [1.807, 2.05) is 6.07 Å². The highest BCUT2D eigenvalue weighted by Crippen LogP contribution is 2.27. The molecular weight excluding hydrogens is 152 g/mol. The smallest absolute Gasteiger partial charge is 0.270 e. The quantitative estimate of drug-likeness (QED) is 0.463. The van der Waals surface area contributed by atoms with Gasteiger partial charge in [-0.2, -0.15) is 5.26 Å². The van der Waals surface area contributed by atoms with E-state index in [1.165, 1.54) is 6.92 Å². The van der Waals surface area contributed by atoms with Crippen molar-refractivity contribution < 1.29 is 8.22 Å². The van der Waals surface area contributed by atoms with Crippen molar-refractivity contribution in [2.75, 3.05) is 0 Å². The third kappa shape index (κ3) is 3.57. The minimum absolute atomic E-state index is 0.248. The number of nitrogens with zero attached hydrogens (tertiary/aromatic N) is 1. The standard InChI is InChI=1S/C6H11F2NSi/c1-6(4-3-5-9)10(2,7)8/h6H,3-4H2,1-2H3. The van der Waals surface area contributed by atoms with Crippen LogP contribution in [0.25, 0.3) is 0 Å². The van der Waals surface area contributed by atoms with Crippen molar-refractivity contribution in [1.82, 2.24) is 0 Å². The Morgan fingerprint density at radius 3 is 2.40 bits per heavy atom. The van der Waals surface area contributed by atoms with Crippen molar-refractivity contribution in [3.8, 4) is 6.07 Å². The number of hydrogen-bond donors (Lipinski definition) is 0. The van der Waals surface area contributed by atoms with E-state index < -0.39 is 14.3 Å². The third-order valence-corrected chi connectivity index (χ3v) is 3.57. The first-order valence-corrected chi connectivity index (χ1v) is 5.56. The maximum atomic E-state index is 12.5. The highest BCUT2D eigenvalue weighted by Gasteiger charge is 2.35. The third-order valence-electron chi connectivity index (χ3n) is 1.55. The molecule has 1 unspecified atom stereocenters. The second-order valence-electron chi connectivity index (χ2n) is 2.55. The molecule has 0 saturated carbocycles. The first-order chi connectivity index (χ1) is 4.48. The maximum Gasteiger partial charge on any atom is 0.424 e. The van der Waals surface area contributed by atoms with Crippen LogP contribution in [-0.2, 0) is 0 Å². The van der Waals surface area contributed by atoms with Crippen molar-refractivity contribution in [2.45, 2.75) is 31.9 Å². The SMILES string of the molecule is CC(CCC#N)[Si](C)(F)F. The minimum atomic E-state index is -3.95. The summed E-state index contributed by atoms with van der Waals surface area (Å²) in [5, 5.41) is 8.10. The molecule has 0 aliphatic rings. The number of rotatable bonds is 3. The van der Waals surface area contributed by atoms with Crippen molar-refractivity contribution in [2.24, 2.45) is 0 Å². The Kier molecular flexibility index (Phi) is 3.51. The van der Waals surface area contributed by atoms with Gasteiger partial charge in [0.15, 0.2) is 0 Å². The molecule has 0 aromatic carbocycles. The average Bonchev–Trinajstić information content (AvgIpc) is 1.80. The first kappa shape index (κ1) is 9.57. The summed E-state index contributed by atoms with van der Waals surface area (Å²) in [4.78, 5) is 0. The van der Waals surface area contributed by atoms with Gasteiger partial charge in [0.2, 0.25) is 0 Å². The molecule has 0 spiro atoms. The lowest BCUT2D eigenvalue weighted by Crippen LogP contribution is -2.22. The van der Waals surface area contributed by atoms with Gasteiger partial charge in [-0.1, -0.05) is 6.92 Å². The van der Waals surface area contributed by atoms with Gasteiger partial charge in [0, 0.05) is 12.0 Å². The molecule has 0 aliphatic carbocycles. The highest BCUT2D eigenvalue weighted by molar-refractivity contribution is 6.66. The van der Waals surface area contributed by atoms with E-state index in [2.05, 4.69) is 0 Å². The summed E-state index contributed by atoms with van der Waals surface area (Å²) in [5.74, 6) is 0. The van der Waals surface area contributed by atoms with Crippen molar-refractivity contribution in [1.29, 1.82) is 5.26 Å². The van der Waals surface area contributed by atoms with Crippen LogP contribution >= 0.6 is 0 Å². The Labute approximate surface area is 61.0 Å².